The Hall–Kier alpha value is -5.66. The van der Waals surface area contributed by atoms with Crippen LogP contribution in [0, 0.1) is 17.0 Å². The summed E-state index contributed by atoms with van der Waals surface area (Å²) in [6, 6.07) is 9.22. The number of nitrogens with one attached hydrogen (secondary N) is 3. The molecule has 0 aliphatic carbocycles. The molecule has 0 fully saturated rings. The Bertz CT molecular complexity index is 1820. The summed E-state index contributed by atoms with van der Waals surface area (Å²) in [6.45, 7) is 1.78. The average Bonchev–Trinajstić information content (AvgIpc) is 2.97. The van der Waals surface area contributed by atoms with Crippen LogP contribution in [0.2, 0.25) is 0 Å². The first kappa shape index (κ1) is 30.3. The van der Waals surface area contributed by atoms with E-state index in [4.69, 9.17) is 10.1 Å². The van der Waals surface area contributed by atoms with Crippen LogP contribution in [-0.4, -0.2) is 51.3 Å². The second-order valence-corrected chi connectivity index (χ2v) is 9.33. The largest absolute Gasteiger partial charge is 0.452 e. The third-order valence-electron chi connectivity index (χ3n) is 6.12. The summed E-state index contributed by atoms with van der Waals surface area (Å²) < 4.78 is 36.2. The fourth-order valence-corrected chi connectivity index (χ4v) is 3.90. The van der Waals surface area contributed by atoms with Crippen molar-refractivity contribution in [2.45, 2.75) is 19.9 Å². The van der Waals surface area contributed by atoms with Crippen molar-refractivity contribution in [3.8, 4) is 17.2 Å². The van der Waals surface area contributed by atoms with E-state index >= 15 is 4.39 Å². The van der Waals surface area contributed by atoms with E-state index in [-0.39, 0.29) is 41.5 Å². The zero-order chi connectivity index (χ0) is 31.3. The van der Waals surface area contributed by atoms with Crippen molar-refractivity contribution in [3.63, 3.8) is 0 Å². The zero-order valence-corrected chi connectivity index (χ0v) is 23.4. The Kier molecular flexibility index (Phi) is 9.08. The van der Waals surface area contributed by atoms with Gasteiger partial charge in [0.1, 0.15) is 11.4 Å². The number of hydrogen-bond acceptors (Lipinski definition) is 7. The maximum absolute atomic E-state index is 15.1. The van der Waals surface area contributed by atoms with E-state index < -0.39 is 40.4 Å². The lowest BCUT2D eigenvalue weighted by atomic mass is 10.2. The second-order valence-electron chi connectivity index (χ2n) is 9.33. The smallest absolute Gasteiger partial charge is 0.335 e. The van der Waals surface area contributed by atoms with Crippen molar-refractivity contribution >= 4 is 29.5 Å². The highest BCUT2D eigenvalue weighted by Crippen LogP contribution is 2.30. The zero-order valence-electron chi connectivity index (χ0n) is 23.4. The number of aryl methyl sites for hydroxylation is 1. The molecular weight excluding hydrogens is 564 g/mol. The standard InChI is InChI=1S/C29H27F2N7O5/c1-4-37-16-21(27(40)38(29(37)42)20-8-5-17(30)6-9-20)26(39)34-18-7-10-24(22(31)13-18)43-25-14-19(35-28(41)36(2)3)15-33-23(25)11-12-32/h5-10,12-16,32H,4,11H2,1-3H3,(H,34,39)(H,35,41). The number of benzene rings is 2. The molecule has 43 heavy (non-hydrogen) atoms. The maximum atomic E-state index is 15.1. The molecule has 3 N–H and O–H groups in total. The number of pyridine rings is 1. The molecule has 14 heteroatoms. The predicted molar refractivity (Wildman–Crippen MR) is 156 cm³/mol. The van der Waals surface area contributed by atoms with E-state index in [1.54, 1.807) is 21.0 Å². The van der Waals surface area contributed by atoms with Crippen molar-refractivity contribution in [1.29, 1.82) is 5.41 Å². The van der Waals surface area contributed by atoms with Crippen molar-refractivity contribution < 1.29 is 23.1 Å². The molecule has 12 nitrogen and oxygen atoms in total. The summed E-state index contributed by atoms with van der Waals surface area (Å²) in [7, 11) is 3.11. The van der Waals surface area contributed by atoms with Crippen molar-refractivity contribution in [2.75, 3.05) is 24.7 Å². The molecule has 0 unspecified atom stereocenters. The number of rotatable bonds is 9. The number of carbonyl (C=O) groups excluding carboxylic acids is 2. The molecule has 2 heterocycles. The summed E-state index contributed by atoms with van der Waals surface area (Å²) in [5.41, 5.74) is -1.39. The van der Waals surface area contributed by atoms with Gasteiger partial charge in [-0.3, -0.25) is 19.1 Å². The number of amides is 3. The average molecular weight is 592 g/mol. The Balaban J connectivity index is 1.61. The Morgan fingerprint density at radius 3 is 2.37 bits per heavy atom. The summed E-state index contributed by atoms with van der Waals surface area (Å²) in [6.07, 6.45) is 3.66. The number of anilines is 2. The normalized spacial score (nSPS) is 10.6. The van der Waals surface area contributed by atoms with Gasteiger partial charge in [0, 0.05) is 57.3 Å². The second kappa shape index (κ2) is 12.9. The molecule has 4 aromatic rings. The molecule has 4 rings (SSSR count). The Labute approximate surface area is 243 Å². The number of urea groups is 1. The number of nitrogens with zero attached hydrogens (tertiary/aromatic N) is 4. The molecule has 0 atom stereocenters. The lowest BCUT2D eigenvalue weighted by Crippen LogP contribution is -2.42. The molecule has 0 aliphatic heterocycles. The number of ether oxygens (including phenoxy) is 1. The molecule has 0 bridgehead atoms. The van der Waals surface area contributed by atoms with Crippen LogP contribution in [-0.2, 0) is 13.0 Å². The van der Waals surface area contributed by atoms with E-state index in [0.717, 1.165) is 39.7 Å². The van der Waals surface area contributed by atoms with Crippen LogP contribution >= 0.6 is 0 Å². The number of aromatic nitrogens is 3. The van der Waals surface area contributed by atoms with Gasteiger partial charge in [-0.2, -0.15) is 0 Å². The fourth-order valence-electron chi connectivity index (χ4n) is 3.90. The van der Waals surface area contributed by atoms with E-state index in [2.05, 4.69) is 15.6 Å². The van der Waals surface area contributed by atoms with Crippen molar-refractivity contribution in [2.24, 2.45) is 0 Å². The van der Waals surface area contributed by atoms with Gasteiger partial charge in [-0.05, 0) is 43.3 Å². The first-order valence-electron chi connectivity index (χ1n) is 12.9. The summed E-state index contributed by atoms with van der Waals surface area (Å²) in [5, 5.41) is 12.5. The fraction of sp³-hybridized carbons (Fsp3) is 0.172. The summed E-state index contributed by atoms with van der Waals surface area (Å²) >= 11 is 0. The highest BCUT2D eigenvalue weighted by atomic mass is 19.1. The van der Waals surface area contributed by atoms with Gasteiger partial charge in [0.2, 0.25) is 0 Å². The number of carbonyl (C=O) groups is 2. The van der Waals surface area contributed by atoms with Gasteiger partial charge in [0.15, 0.2) is 17.3 Å². The highest BCUT2D eigenvalue weighted by Gasteiger charge is 2.20. The monoisotopic (exact) mass is 591 g/mol. The van der Waals surface area contributed by atoms with Crippen molar-refractivity contribution in [3.05, 3.63) is 105 Å². The minimum atomic E-state index is -0.938. The Morgan fingerprint density at radius 1 is 1.02 bits per heavy atom. The van der Waals surface area contributed by atoms with E-state index in [1.165, 1.54) is 41.4 Å². The lowest BCUT2D eigenvalue weighted by molar-refractivity contribution is 0.102. The topological polar surface area (TPSA) is 151 Å². The molecule has 0 spiro atoms. The molecule has 0 radical (unpaired) electrons. The highest BCUT2D eigenvalue weighted by molar-refractivity contribution is 6.03. The maximum Gasteiger partial charge on any atom is 0.335 e. The quantitative estimate of drug-likeness (QED) is 0.250. The van der Waals surface area contributed by atoms with Gasteiger partial charge < -0.3 is 25.7 Å². The van der Waals surface area contributed by atoms with Crippen LogP contribution < -0.4 is 26.6 Å². The summed E-state index contributed by atoms with van der Waals surface area (Å²) in [4.78, 5) is 56.6. The SMILES string of the molecule is CCn1cc(C(=O)Nc2ccc(Oc3cc(NC(=O)N(C)C)cnc3CC=N)c(F)c2)c(=O)n(-c2ccc(F)cc2)c1=O. The van der Waals surface area contributed by atoms with E-state index in [1.807, 2.05) is 0 Å². The van der Waals surface area contributed by atoms with Gasteiger partial charge in [-0.25, -0.2) is 22.9 Å². The molecular formula is C29H27F2N7O5. The predicted octanol–water partition coefficient (Wildman–Crippen LogP) is 4.02. The minimum Gasteiger partial charge on any atom is -0.452 e. The van der Waals surface area contributed by atoms with Crippen LogP contribution in [0.25, 0.3) is 5.69 Å². The number of hydrogen-bond donors (Lipinski definition) is 3. The van der Waals surface area contributed by atoms with Crippen LogP contribution in [0.1, 0.15) is 23.0 Å². The van der Waals surface area contributed by atoms with Gasteiger partial charge in [-0.1, -0.05) is 0 Å². The van der Waals surface area contributed by atoms with Gasteiger partial charge in [0.25, 0.3) is 11.5 Å². The molecule has 3 amide bonds. The van der Waals surface area contributed by atoms with Gasteiger partial charge in [0.05, 0.1) is 23.3 Å². The third-order valence-corrected chi connectivity index (χ3v) is 6.12. The lowest BCUT2D eigenvalue weighted by Gasteiger charge is -2.15. The molecule has 0 saturated carbocycles. The van der Waals surface area contributed by atoms with Crippen LogP contribution in [0.4, 0.5) is 25.0 Å². The molecule has 2 aromatic heterocycles. The van der Waals surface area contributed by atoms with E-state index in [9.17, 15) is 23.6 Å². The van der Waals surface area contributed by atoms with Gasteiger partial charge in [-0.15, -0.1) is 0 Å². The van der Waals surface area contributed by atoms with Crippen LogP contribution in [0.15, 0.2) is 70.5 Å². The van der Waals surface area contributed by atoms with E-state index in [0.29, 0.717) is 5.69 Å². The number of halogens is 2. The summed E-state index contributed by atoms with van der Waals surface area (Å²) in [5.74, 6) is -2.48. The minimum absolute atomic E-state index is 0.0123. The molecule has 222 valence electrons. The Morgan fingerprint density at radius 2 is 1.74 bits per heavy atom. The van der Waals surface area contributed by atoms with Crippen LogP contribution in [0.5, 0.6) is 11.5 Å². The molecule has 0 saturated heterocycles. The van der Waals surface area contributed by atoms with Gasteiger partial charge >= 0.3 is 11.7 Å². The molecule has 2 aromatic carbocycles. The first-order valence-corrected chi connectivity index (χ1v) is 12.9. The van der Waals surface area contributed by atoms with Crippen LogP contribution in [0.3, 0.4) is 0 Å². The molecule has 0 aliphatic rings. The van der Waals surface area contributed by atoms with Crippen molar-refractivity contribution in [1.82, 2.24) is 19.0 Å². The third kappa shape index (κ3) is 6.81. The first-order chi connectivity index (χ1) is 20.5.